The van der Waals surface area contributed by atoms with Crippen LogP contribution in [0, 0.1) is 0 Å². The van der Waals surface area contributed by atoms with Gasteiger partial charge in [-0.15, -0.1) is 0 Å². The molecular formula is C13H17N8O4P. The van der Waals surface area contributed by atoms with E-state index >= 15 is 0 Å². The van der Waals surface area contributed by atoms with Crippen molar-refractivity contribution in [2.24, 2.45) is 5.11 Å². The summed E-state index contributed by atoms with van der Waals surface area (Å²) in [6, 6.07) is -0.697. The van der Waals surface area contributed by atoms with Crippen molar-refractivity contribution in [1.82, 2.24) is 19.5 Å². The molecule has 13 heteroatoms. The Morgan fingerprint density at radius 3 is 2.88 bits per heavy atom. The standard InChI is InChI=1S/C13H17N8O4P/c14-13-17-10(6-1-2-6)11-12(18-13)21(5-16-11)4-8-7(19-20-15)3-9(25-8)26(22,23)24/h5-9H,1-4H2,(H2,14,17,18)(H2,22,23,24)/t7-,8+,9+/m0/s1. The van der Waals surface area contributed by atoms with Gasteiger partial charge in [-0.1, -0.05) is 5.11 Å². The highest BCUT2D eigenvalue weighted by Gasteiger charge is 2.43. The van der Waals surface area contributed by atoms with Crippen LogP contribution in [-0.2, 0) is 15.8 Å². The lowest BCUT2D eigenvalue weighted by molar-refractivity contribution is 0.0576. The average molecular weight is 380 g/mol. The summed E-state index contributed by atoms with van der Waals surface area (Å²) >= 11 is 0. The summed E-state index contributed by atoms with van der Waals surface area (Å²) in [6.07, 6.45) is 2.88. The number of anilines is 1. The molecule has 4 rings (SSSR count). The van der Waals surface area contributed by atoms with Crippen LogP contribution in [0.2, 0.25) is 0 Å². The molecule has 1 aliphatic heterocycles. The van der Waals surface area contributed by atoms with Crippen molar-refractivity contribution >= 4 is 24.7 Å². The topological polar surface area (TPSA) is 185 Å². The molecule has 2 aromatic heterocycles. The van der Waals surface area contributed by atoms with Crippen LogP contribution in [-0.4, -0.2) is 47.3 Å². The predicted molar refractivity (Wildman–Crippen MR) is 90.0 cm³/mol. The van der Waals surface area contributed by atoms with Gasteiger partial charge in [-0.05, 0) is 24.8 Å². The lowest BCUT2D eigenvalue weighted by Gasteiger charge is -2.16. The monoisotopic (exact) mass is 380 g/mol. The number of azide groups is 1. The average Bonchev–Trinajstić information content (AvgIpc) is 3.22. The second-order valence-electron chi connectivity index (χ2n) is 6.54. The maximum absolute atomic E-state index is 11.5. The summed E-state index contributed by atoms with van der Waals surface area (Å²) < 4.78 is 18.7. The number of rotatable bonds is 5. The second kappa shape index (κ2) is 6.19. The van der Waals surface area contributed by atoms with Gasteiger partial charge in [0.15, 0.2) is 11.5 Å². The third kappa shape index (κ3) is 3.13. The third-order valence-electron chi connectivity index (χ3n) is 4.63. The number of fused-ring (bicyclic) bond motifs is 1. The zero-order valence-corrected chi connectivity index (χ0v) is 14.5. The Hall–Kier alpha value is -2.23. The lowest BCUT2D eigenvalue weighted by Crippen LogP contribution is -2.25. The maximum atomic E-state index is 11.5. The van der Waals surface area contributed by atoms with Crippen LogP contribution in [0.5, 0.6) is 0 Å². The van der Waals surface area contributed by atoms with E-state index in [2.05, 4.69) is 25.0 Å². The second-order valence-corrected chi connectivity index (χ2v) is 8.29. The number of nitrogens with two attached hydrogens (primary N) is 1. The molecule has 1 saturated heterocycles. The first-order valence-electron chi connectivity index (χ1n) is 8.10. The molecule has 0 unspecified atom stereocenters. The Balaban J connectivity index is 1.66. The van der Waals surface area contributed by atoms with E-state index in [0.29, 0.717) is 17.1 Å². The summed E-state index contributed by atoms with van der Waals surface area (Å²) in [5.74, 6) is -0.809. The minimum atomic E-state index is -4.45. The molecule has 1 saturated carbocycles. The predicted octanol–water partition coefficient (Wildman–Crippen LogP) is 1.26. The van der Waals surface area contributed by atoms with Crippen LogP contribution >= 0.6 is 7.60 Å². The van der Waals surface area contributed by atoms with Gasteiger partial charge in [0.2, 0.25) is 5.95 Å². The molecule has 0 amide bonds. The largest absolute Gasteiger partial charge is 0.368 e. The van der Waals surface area contributed by atoms with Crippen molar-refractivity contribution in [3.05, 3.63) is 22.5 Å². The molecule has 138 valence electrons. The number of hydrogen-bond acceptors (Lipinski definition) is 7. The van der Waals surface area contributed by atoms with E-state index < -0.39 is 25.6 Å². The SMILES string of the molecule is [N-]=[N+]=N[C@H]1C[C@@H](P(=O)(O)O)O[C@@H]1Cn1cnc2c(C3CC3)nc(N)nc21. The van der Waals surface area contributed by atoms with E-state index in [0.717, 1.165) is 18.5 Å². The van der Waals surface area contributed by atoms with Crippen molar-refractivity contribution in [3.8, 4) is 0 Å². The molecule has 0 aromatic carbocycles. The molecule has 0 spiro atoms. The number of nitrogens with zero attached hydrogens (tertiary/aromatic N) is 7. The molecule has 3 heterocycles. The highest BCUT2D eigenvalue weighted by Crippen LogP contribution is 2.49. The van der Waals surface area contributed by atoms with Crippen LogP contribution in [0.25, 0.3) is 21.6 Å². The maximum Gasteiger partial charge on any atom is 0.354 e. The molecule has 12 nitrogen and oxygen atoms in total. The quantitative estimate of drug-likeness (QED) is 0.299. The summed E-state index contributed by atoms with van der Waals surface area (Å²) in [4.78, 5) is 34.4. The summed E-state index contributed by atoms with van der Waals surface area (Å²) in [5, 5.41) is 3.62. The molecule has 4 N–H and O–H groups in total. The summed E-state index contributed by atoms with van der Waals surface area (Å²) in [6.45, 7) is 0.178. The van der Waals surface area contributed by atoms with Crippen LogP contribution in [0.4, 0.5) is 5.95 Å². The molecule has 26 heavy (non-hydrogen) atoms. The van der Waals surface area contributed by atoms with Gasteiger partial charge in [0.05, 0.1) is 30.7 Å². The van der Waals surface area contributed by atoms with Gasteiger partial charge < -0.3 is 24.8 Å². The van der Waals surface area contributed by atoms with E-state index in [-0.39, 0.29) is 18.9 Å². The Morgan fingerprint density at radius 2 is 2.23 bits per heavy atom. The molecule has 2 aromatic rings. The Bertz CT molecular complexity index is 947. The molecule has 2 aliphatic rings. The molecule has 2 fully saturated rings. The smallest absolute Gasteiger partial charge is 0.354 e. The first kappa shape index (κ1) is 17.2. The van der Waals surface area contributed by atoms with E-state index in [1.165, 1.54) is 0 Å². The first-order chi connectivity index (χ1) is 12.4. The summed E-state index contributed by atoms with van der Waals surface area (Å²) in [5.41, 5.74) is 16.5. The number of nitrogen functional groups attached to an aromatic ring is 1. The normalized spacial score (nSPS) is 26.2. The summed E-state index contributed by atoms with van der Waals surface area (Å²) in [7, 11) is -4.45. The number of hydrogen-bond donors (Lipinski definition) is 3. The Kier molecular flexibility index (Phi) is 4.09. The van der Waals surface area contributed by atoms with Gasteiger partial charge >= 0.3 is 7.60 Å². The minimum absolute atomic E-state index is 0.0456. The third-order valence-corrected chi connectivity index (χ3v) is 5.71. The lowest BCUT2D eigenvalue weighted by atomic mass is 10.1. The molecule has 0 radical (unpaired) electrons. The van der Waals surface area contributed by atoms with E-state index in [1.54, 1.807) is 10.9 Å². The molecular weight excluding hydrogens is 363 g/mol. The zero-order chi connectivity index (χ0) is 18.5. The van der Waals surface area contributed by atoms with Gasteiger partial charge in [-0.2, -0.15) is 4.98 Å². The van der Waals surface area contributed by atoms with Gasteiger partial charge in [-0.25, -0.2) is 9.97 Å². The fourth-order valence-electron chi connectivity index (χ4n) is 3.23. The van der Waals surface area contributed by atoms with Crippen LogP contribution in [0.1, 0.15) is 30.9 Å². The molecule has 3 atom stereocenters. The molecule has 1 aliphatic carbocycles. The van der Waals surface area contributed by atoms with Crippen LogP contribution < -0.4 is 5.73 Å². The number of imidazole rings is 1. The van der Waals surface area contributed by atoms with Gasteiger partial charge in [0, 0.05) is 10.8 Å². The van der Waals surface area contributed by atoms with Gasteiger partial charge in [-0.3, -0.25) is 4.57 Å². The van der Waals surface area contributed by atoms with Gasteiger partial charge in [0.1, 0.15) is 5.52 Å². The number of aromatic nitrogens is 4. The minimum Gasteiger partial charge on any atom is -0.368 e. The fourth-order valence-corrected chi connectivity index (χ4v) is 4.03. The van der Waals surface area contributed by atoms with Crippen molar-refractivity contribution in [3.63, 3.8) is 0 Å². The van der Waals surface area contributed by atoms with Gasteiger partial charge in [0.25, 0.3) is 0 Å². The fraction of sp³-hybridized carbons (Fsp3) is 0.615. The van der Waals surface area contributed by atoms with Crippen molar-refractivity contribution in [2.45, 2.75) is 49.7 Å². The van der Waals surface area contributed by atoms with Crippen molar-refractivity contribution in [2.75, 3.05) is 5.73 Å². The van der Waals surface area contributed by atoms with Crippen LogP contribution in [0.15, 0.2) is 11.4 Å². The van der Waals surface area contributed by atoms with Crippen molar-refractivity contribution in [1.29, 1.82) is 0 Å². The molecule has 0 bridgehead atoms. The Labute approximate surface area is 147 Å². The highest BCUT2D eigenvalue weighted by atomic mass is 31.2. The number of ether oxygens (including phenoxy) is 1. The Morgan fingerprint density at radius 1 is 1.46 bits per heavy atom. The van der Waals surface area contributed by atoms with E-state index in [9.17, 15) is 14.4 Å². The first-order valence-corrected chi connectivity index (χ1v) is 9.78. The van der Waals surface area contributed by atoms with Crippen LogP contribution in [0.3, 0.4) is 0 Å². The zero-order valence-electron chi connectivity index (χ0n) is 13.6. The van der Waals surface area contributed by atoms with E-state index in [1.807, 2.05) is 0 Å². The van der Waals surface area contributed by atoms with Crippen molar-refractivity contribution < 1.29 is 19.1 Å². The van der Waals surface area contributed by atoms with E-state index in [4.69, 9.17) is 16.0 Å². The highest BCUT2D eigenvalue weighted by molar-refractivity contribution is 7.52.